The van der Waals surface area contributed by atoms with E-state index in [1.807, 2.05) is 54.7 Å². The molecule has 58 heavy (non-hydrogen) atoms. The number of rotatable bonds is 13. The van der Waals surface area contributed by atoms with Gasteiger partial charge in [0.15, 0.2) is 0 Å². The fourth-order valence-corrected chi connectivity index (χ4v) is 16.9. The molecule has 0 spiro atoms. The van der Waals surface area contributed by atoms with Crippen LogP contribution < -0.4 is 10.4 Å². The number of para-hydroxylation sites is 1. The SMILES string of the molecule is Cc1ccc(S(=O)(=O)N(CCn2c(C#CCO[Si](c3ccccc3)(c3ccccc3)C(C)(C)C)c(C3SCCCS3)c3ccccc32)C(=O)OCC[Si](C)(C)C)cc1. The number of hydrogen-bond donors (Lipinski definition) is 0. The second-order valence-electron chi connectivity index (χ2n) is 16.9. The molecule has 2 heterocycles. The van der Waals surface area contributed by atoms with Gasteiger partial charge in [-0.3, -0.25) is 0 Å². The first-order valence-corrected chi connectivity index (χ1v) is 29.1. The molecule has 306 valence electrons. The summed E-state index contributed by atoms with van der Waals surface area (Å²) in [7, 11) is -8.63. The predicted octanol–water partition coefficient (Wildman–Crippen LogP) is 9.91. The van der Waals surface area contributed by atoms with Crippen LogP contribution in [0.5, 0.6) is 0 Å². The molecule has 4 aromatic carbocycles. The minimum atomic E-state index is -4.24. The standard InChI is InChI=1S/C46H56N2O5S3Si2/c1-36-25-27-37(28-26-36)56(50,51)48(45(49)52-32-35-57(5,6)7)30-29-47-41-23-15-14-22-40(41)43(44-54-33-17-34-55-44)42(47)24-16-31-53-58(46(2,3)4,38-18-10-8-11-19-38)39-20-12-9-13-21-39/h8-15,18-23,25-28,44H,17,29-35H2,1-7H3. The van der Waals surface area contributed by atoms with Crippen molar-refractivity contribution < 1.29 is 22.4 Å². The number of thioether (sulfide) groups is 2. The third-order valence-corrected chi connectivity index (χ3v) is 21.9. The molecular formula is C46H56N2O5S3Si2. The van der Waals surface area contributed by atoms with Crippen LogP contribution in [0.3, 0.4) is 0 Å². The number of hydrogen-bond acceptors (Lipinski definition) is 7. The molecule has 0 radical (unpaired) electrons. The Bertz CT molecular complexity index is 2300. The van der Waals surface area contributed by atoms with E-state index in [-0.39, 0.29) is 40.8 Å². The third kappa shape index (κ3) is 9.83. The van der Waals surface area contributed by atoms with Crippen LogP contribution in [-0.2, 0) is 25.7 Å². The first-order valence-electron chi connectivity index (χ1n) is 20.0. The molecule has 1 amide bonds. The molecule has 0 N–H and O–H groups in total. The Hall–Kier alpha value is -3.71. The predicted molar refractivity (Wildman–Crippen MR) is 249 cm³/mol. The van der Waals surface area contributed by atoms with Gasteiger partial charge in [-0.15, -0.1) is 23.5 Å². The molecule has 1 saturated heterocycles. The number of fused-ring (bicyclic) bond motifs is 1. The number of benzene rings is 4. The van der Waals surface area contributed by atoms with Gasteiger partial charge in [-0.05, 0) is 70.4 Å². The normalized spacial score (nSPS) is 14.2. The van der Waals surface area contributed by atoms with Crippen molar-refractivity contribution in [3.63, 3.8) is 0 Å². The molecule has 12 heteroatoms. The molecule has 0 aliphatic carbocycles. The number of carbonyl (C=O) groups is 1. The summed E-state index contributed by atoms with van der Waals surface area (Å²) in [5, 5.41) is 3.25. The molecule has 0 unspecified atom stereocenters. The average molecular weight is 869 g/mol. The smallest absolute Gasteiger partial charge is 0.423 e. The van der Waals surface area contributed by atoms with Gasteiger partial charge in [-0.2, -0.15) is 4.31 Å². The number of nitrogens with zero attached hydrogens (tertiary/aromatic N) is 2. The summed E-state index contributed by atoms with van der Waals surface area (Å²) in [6.45, 7) is 15.7. The Labute approximate surface area is 356 Å². The summed E-state index contributed by atoms with van der Waals surface area (Å²) in [5.74, 6) is 9.14. The zero-order valence-corrected chi connectivity index (χ0v) is 39.2. The second-order valence-corrected chi connectivity index (χ2v) is 31.4. The second kappa shape index (κ2) is 18.7. The summed E-state index contributed by atoms with van der Waals surface area (Å²) in [4.78, 5) is 13.9. The zero-order valence-electron chi connectivity index (χ0n) is 34.8. The first kappa shape index (κ1) is 43.9. The van der Waals surface area contributed by atoms with Crippen molar-refractivity contribution in [1.29, 1.82) is 0 Å². The van der Waals surface area contributed by atoms with Crippen LogP contribution in [0, 0.1) is 18.8 Å². The highest BCUT2D eigenvalue weighted by atomic mass is 32.2. The van der Waals surface area contributed by atoms with Crippen LogP contribution >= 0.6 is 23.5 Å². The van der Waals surface area contributed by atoms with Crippen LogP contribution in [0.15, 0.2) is 114 Å². The highest BCUT2D eigenvalue weighted by Gasteiger charge is 2.50. The lowest BCUT2D eigenvalue weighted by Gasteiger charge is -2.42. The van der Waals surface area contributed by atoms with E-state index >= 15 is 0 Å². The van der Waals surface area contributed by atoms with Gasteiger partial charge in [-0.1, -0.05) is 143 Å². The lowest BCUT2D eigenvalue weighted by Crippen LogP contribution is -2.66. The lowest BCUT2D eigenvalue weighted by molar-refractivity contribution is 0.130. The van der Waals surface area contributed by atoms with Crippen LogP contribution in [0.25, 0.3) is 10.9 Å². The van der Waals surface area contributed by atoms with Gasteiger partial charge in [0.25, 0.3) is 18.3 Å². The summed E-state index contributed by atoms with van der Waals surface area (Å²) < 4.78 is 44.6. The van der Waals surface area contributed by atoms with E-state index in [9.17, 15) is 13.2 Å². The van der Waals surface area contributed by atoms with E-state index in [4.69, 9.17) is 9.16 Å². The molecule has 1 aliphatic heterocycles. The zero-order chi connectivity index (χ0) is 41.6. The highest BCUT2D eigenvalue weighted by molar-refractivity contribution is 8.16. The van der Waals surface area contributed by atoms with E-state index in [0.29, 0.717) is 0 Å². The van der Waals surface area contributed by atoms with Crippen molar-refractivity contribution >= 4 is 77.3 Å². The summed E-state index contributed by atoms with van der Waals surface area (Å²) in [5.41, 5.74) is 3.82. The Morgan fingerprint density at radius 3 is 2.03 bits per heavy atom. The molecule has 0 saturated carbocycles. The maximum absolute atomic E-state index is 14.3. The van der Waals surface area contributed by atoms with E-state index in [1.165, 1.54) is 10.4 Å². The topological polar surface area (TPSA) is 77.8 Å². The van der Waals surface area contributed by atoms with Crippen LogP contribution in [0.2, 0.25) is 30.7 Å². The van der Waals surface area contributed by atoms with Gasteiger partial charge in [0.1, 0.15) is 0 Å². The minimum absolute atomic E-state index is 0.0498. The fraction of sp³-hybridized carbons (Fsp3) is 0.370. The van der Waals surface area contributed by atoms with E-state index in [0.717, 1.165) is 56.0 Å². The molecule has 1 aliphatic rings. The summed E-state index contributed by atoms with van der Waals surface area (Å²) >= 11 is 3.85. The largest absolute Gasteiger partial charge is 0.449 e. The fourth-order valence-electron chi connectivity index (χ4n) is 7.47. The van der Waals surface area contributed by atoms with Crippen molar-refractivity contribution in [3.05, 3.63) is 126 Å². The van der Waals surface area contributed by atoms with Gasteiger partial charge in [0.2, 0.25) is 0 Å². The molecule has 5 aromatic rings. The number of aryl methyl sites for hydroxylation is 1. The maximum atomic E-state index is 14.3. The first-order chi connectivity index (χ1) is 27.6. The Balaban J connectivity index is 1.42. The number of ether oxygens (including phenoxy) is 1. The molecule has 0 bridgehead atoms. The van der Waals surface area contributed by atoms with Crippen LogP contribution in [-0.4, -0.2) is 71.0 Å². The number of amides is 1. The number of sulfonamides is 1. The molecule has 1 fully saturated rings. The lowest BCUT2D eigenvalue weighted by atomic mass is 10.1. The molecule has 7 nitrogen and oxygen atoms in total. The summed E-state index contributed by atoms with van der Waals surface area (Å²) in [6, 6.07) is 36.7. The van der Waals surface area contributed by atoms with Crippen LogP contribution in [0.4, 0.5) is 4.79 Å². The van der Waals surface area contributed by atoms with E-state index in [2.05, 4.69) is 117 Å². The monoisotopic (exact) mass is 868 g/mol. The van der Waals surface area contributed by atoms with Crippen molar-refractivity contribution in [2.24, 2.45) is 0 Å². The van der Waals surface area contributed by atoms with Crippen molar-refractivity contribution in [2.75, 3.05) is 31.3 Å². The molecule has 6 rings (SSSR count). The molecular weight excluding hydrogens is 813 g/mol. The maximum Gasteiger partial charge on any atom is 0.423 e. The Morgan fingerprint density at radius 1 is 0.862 bits per heavy atom. The van der Waals surface area contributed by atoms with Gasteiger partial charge in [0, 0.05) is 31.1 Å². The third-order valence-electron chi connectivity index (χ3n) is 10.5. The quantitative estimate of drug-likeness (QED) is 0.0862. The van der Waals surface area contributed by atoms with Crippen molar-refractivity contribution in [2.45, 2.75) is 80.9 Å². The summed E-state index contributed by atoms with van der Waals surface area (Å²) in [6.07, 6.45) is 0.281. The molecule has 0 atom stereocenters. The van der Waals surface area contributed by atoms with Gasteiger partial charge in [0.05, 0.1) is 34.9 Å². The molecule has 1 aromatic heterocycles. The van der Waals surface area contributed by atoms with Crippen molar-refractivity contribution in [1.82, 2.24) is 8.87 Å². The van der Waals surface area contributed by atoms with E-state index < -0.39 is 32.5 Å². The van der Waals surface area contributed by atoms with Crippen molar-refractivity contribution in [3.8, 4) is 11.8 Å². The van der Waals surface area contributed by atoms with E-state index in [1.54, 1.807) is 24.3 Å². The van der Waals surface area contributed by atoms with Crippen LogP contribution in [0.1, 0.15) is 48.6 Å². The van der Waals surface area contributed by atoms with Gasteiger partial charge >= 0.3 is 6.09 Å². The Morgan fingerprint density at radius 2 is 1.45 bits per heavy atom. The number of aromatic nitrogens is 1. The average Bonchev–Trinajstić information content (AvgIpc) is 3.51. The Kier molecular flexibility index (Phi) is 14.1. The number of carbonyl (C=O) groups excluding carboxylic acids is 1. The van der Waals surface area contributed by atoms with Gasteiger partial charge in [-0.25, -0.2) is 13.2 Å². The van der Waals surface area contributed by atoms with Gasteiger partial charge < -0.3 is 13.7 Å². The highest BCUT2D eigenvalue weighted by Crippen LogP contribution is 2.48. The minimum Gasteiger partial charge on any atom is -0.449 e.